The number of carboxylic acid groups (broad SMARTS) is 1. The Kier molecular flexibility index (Phi) is 5.94. The number of rotatable bonds is 5. The van der Waals surface area contributed by atoms with E-state index in [1.807, 2.05) is 4.90 Å². The normalized spacial score (nSPS) is 19.2. The molecule has 1 saturated heterocycles. The molecule has 0 radical (unpaired) electrons. The molecule has 114 valence electrons. The van der Waals surface area contributed by atoms with Gasteiger partial charge in [0.15, 0.2) is 0 Å². The van der Waals surface area contributed by atoms with Crippen LogP contribution >= 0.6 is 0 Å². The van der Waals surface area contributed by atoms with Crippen molar-refractivity contribution in [3.8, 4) is 0 Å². The van der Waals surface area contributed by atoms with Crippen LogP contribution in [-0.2, 0) is 14.4 Å². The highest BCUT2D eigenvalue weighted by Crippen LogP contribution is 2.16. The number of nitrogens with zero attached hydrogens (tertiary/aromatic N) is 2. The van der Waals surface area contributed by atoms with Gasteiger partial charge in [-0.25, -0.2) is 0 Å². The summed E-state index contributed by atoms with van der Waals surface area (Å²) in [6.07, 6.45) is 0. The van der Waals surface area contributed by atoms with Gasteiger partial charge in [-0.2, -0.15) is 0 Å². The zero-order chi connectivity index (χ0) is 15.3. The first-order valence-corrected chi connectivity index (χ1v) is 6.81. The van der Waals surface area contributed by atoms with Crippen molar-refractivity contribution < 1.29 is 19.5 Å². The Morgan fingerprint density at radius 3 is 2.10 bits per heavy atom. The summed E-state index contributed by atoms with van der Waals surface area (Å²) in [6, 6.07) is 0. The van der Waals surface area contributed by atoms with Crippen LogP contribution in [0.3, 0.4) is 0 Å². The Bertz CT molecular complexity index is 378. The zero-order valence-electron chi connectivity index (χ0n) is 12.3. The highest BCUT2D eigenvalue weighted by atomic mass is 16.4. The van der Waals surface area contributed by atoms with E-state index in [1.54, 1.807) is 25.8 Å². The fraction of sp³-hybridized carbons (Fsp3) is 0.769. The number of carbonyl (C=O) groups excluding carboxylic acids is 2. The SMILES string of the molecule is CNC(=O)CN1CCN(C(=O)C(C)C(C)C(=O)O)CC1. The first-order chi connectivity index (χ1) is 9.36. The molecular weight excluding hydrogens is 262 g/mol. The molecule has 0 saturated carbocycles. The molecule has 0 aromatic heterocycles. The lowest BCUT2D eigenvalue weighted by molar-refractivity contribution is -0.149. The topological polar surface area (TPSA) is 90.0 Å². The van der Waals surface area contributed by atoms with E-state index < -0.39 is 17.8 Å². The summed E-state index contributed by atoms with van der Waals surface area (Å²) in [5, 5.41) is 11.5. The summed E-state index contributed by atoms with van der Waals surface area (Å²) in [6.45, 7) is 5.87. The number of amides is 2. The number of likely N-dealkylation sites (N-methyl/N-ethyl adjacent to an activating group) is 1. The highest BCUT2D eigenvalue weighted by Gasteiger charge is 2.31. The molecule has 7 nitrogen and oxygen atoms in total. The van der Waals surface area contributed by atoms with Crippen LogP contribution in [0.15, 0.2) is 0 Å². The van der Waals surface area contributed by atoms with E-state index in [9.17, 15) is 14.4 Å². The average Bonchev–Trinajstić information content (AvgIpc) is 2.45. The minimum absolute atomic E-state index is 0.0438. The van der Waals surface area contributed by atoms with Crippen LogP contribution in [0.25, 0.3) is 0 Å². The molecule has 0 spiro atoms. The zero-order valence-corrected chi connectivity index (χ0v) is 12.3. The number of aliphatic carboxylic acids is 1. The largest absolute Gasteiger partial charge is 0.481 e. The minimum Gasteiger partial charge on any atom is -0.481 e. The Morgan fingerprint density at radius 1 is 1.10 bits per heavy atom. The second kappa shape index (κ2) is 7.23. The van der Waals surface area contributed by atoms with Crippen molar-refractivity contribution in [1.82, 2.24) is 15.1 Å². The summed E-state index contributed by atoms with van der Waals surface area (Å²) in [5.74, 6) is -2.34. The van der Waals surface area contributed by atoms with Gasteiger partial charge in [-0.3, -0.25) is 19.3 Å². The molecule has 1 aliphatic heterocycles. The Hall–Kier alpha value is -1.63. The van der Waals surface area contributed by atoms with Gasteiger partial charge in [0.2, 0.25) is 11.8 Å². The lowest BCUT2D eigenvalue weighted by Gasteiger charge is -2.36. The lowest BCUT2D eigenvalue weighted by atomic mass is 9.94. The predicted octanol–water partition coefficient (Wildman–Crippen LogP) is -0.767. The van der Waals surface area contributed by atoms with E-state index in [-0.39, 0.29) is 11.8 Å². The van der Waals surface area contributed by atoms with Crippen molar-refractivity contribution >= 4 is 17.8 Å². The van der Waals surface area contributed by atoms with Gasteiger partial charge in [0.05, 0.1) is 12.5 Å². The summed E-state index contributed by atoms with van der Waals surface area (Å²) in [4.78, 5) is 38.0. The molecule has 2 unspecified atom stereocenters. The van der Waals surface area contributed by atoms with Crippen LogP contribution in [0.4, 0.5) is 0 Å². The quantitative estimate of drug-likeness (QED) is 0.692. The van der Waals surface area contributed by atoms with Gasteiger partial charge in [0, 0.05) is 39.1 Å². The second-order valence-electron chi connectivity index (χ2n) is 5.19. The van der Waals surface area contributed by atoms with Gasteiger partial charge in [-0.15, -0.1) is 0 Å². The first-order valence-electron chi connectivity index (χ1n) is 6.81. The minimum atomic E-state index is -0.955. The maximum atomic E-state index is 12.2. The van der Waals surface area contributed by atoms with Crippen molar-refractivity contribution in [2.75, 3.05) is 39.8 Å². The molecular formula is C13H23N3O4. The first kappa shape index (κ1) is 16.4. The van der Waals surface area contributed by atoms with Crippen LogP contribution in [0.1, 0.15) is 13.8 Å². The van der Waals surface area contributed by atoms with Gasteiger partial charge >= 0.3 is 5.97 Å². The fourth-order valence-corrected chi connectivity index (χ4v) is 2.12. The van der Waals surface area contributed by atoms with Gasteiger partial charge in [0.25, 0.3) is 0 Å². The van der Waals surface area contributed by atoms with Crippen molar-refractivity contribution in [2.45, 2.75) is 13.8 Å². The summed E-state index contributed by atoms with van der Waals surface area (Å²) in [5.41, 5.74) is 0. The van der Waals surface area contributed by atoms with E-state index in [0.29, 0.717) is 32.7 Å². The third kappa shape index (κ3) is 4.19. The Labute approximate surface area is 118 Å². The molecule has 0 aromatic carbocycles. The standard InChI is InChI=1S/C13H23N3O4/c1-9(10(2)13(19)20)12(18)16-6-4-15(5-7-16)8-11(17)14-3/h9-10H,4-8H2,1-3H3,(H,14,17)(H,19,20). The van der Waals surface area contributed by atoms with Gasteiger partial charge in [-0.05, 0) is 0 Å². The molecule has 2 atom stereocenters. The van der Waals surface area contributed by atoms with Crippen LogP contribution in [0.5, 0.6) is 0 Å². The van der Waals surface area contributed by atoms with Crippen molar-refractivity contribution in [1.29, 1.82) is 0 Å². The maximum Gasteiger partial charge on any atom is 0.307 e. The summed E-state index contributed by atoms with van der Waals surface area (Å²) >= 11 is 0. The molecule has 20 heavy (non-hydrogen) atoms. The van der Waals surface area contributed by atoms with Crippen molar-refractivity contribution in [3.63, 3.8) is 0 Å². The molecule has 1 aliphatic rings. The van der Waals surface area contributed by atoms with Gasteiger partial charge < -0.3 is 15.3 Å². The third-order valence-corrected chi connectivity index (χ3v) is 3.86. The van der Waals surface area contributed by atoms with Crippen molar-refractivity contribution in [3.05, 3.63) is 0 Å². The molecule has 0 aliphatic carbocycles. The average molecular weight is 285 g/mol. The monoisotopic (exact) mass is 285 g/mol. The van der Waals surface area contributed by atoms with Crippen LogP contribution < -0.4 is 5.32 Å². The van der Waals surface area contributed by atoms with Crippen LogP contribution in [-0.4, -0.2) is 72.5 Å². The van der Waals surface area contributed by atoms with E-state index >= 15 is 0 Å². The number of carboxylic acids is 1. The third-order valence-electron chi connectivity index (χ3n) is 3.86. The van der Waals surface area contributed by atoms with E-state index in [1.165, 1.54) is 0 Å². The maximum absolute atomic E-state index is 12.2. The molecule has 0 aromatic rings. The Balaban J connectivity index is 2.46. The van der Waals surface area contributed by atoms with Crippen LogP contribution in [0, 0.1) is 11.8 Å². The second-order valence-corrected chi connectivity index (χ2v) is 5.19. The molecule has 2 amide bonds. The van der Waals surface area contributed by atoms with E-state index in [0.717, 1.165) is 0 Å². The number of piperazine rings is 1. The summed E-state index contributed by atoms with van der Waals surface area (Å²) < 4.78 is 0. The molecule has 1 heterocycles. The highest BCUT2D eigenvalue weighted by molar-refractivity contribution is 5.84. The molecule has 1 fully saturated rings. The Morgan fingerprint density at radius 2 is 1.65 bits per heavy atom. The van der Waals surface area contributed by atoms with Crippen LogP contribution in [0.2, 0.25) is 0 Å². The lowest BCUT2D eigenvalue weighted by Crippen LogP contribution is -2.52. The van der Waals surface area contributed by atoms with E-state index in [4.69, 9.17) is 5.11 Å². The van der Waals surface area contributed by atoms with Gasteiger partial charge in [-0.1, -0.05) is 13.8 Å². The predicted molar refractivity (Wildman–Crippen MR) is 73.1 cm³/mol. The number of hydrogen-bond acceptors (Lipinski definition) is 4. The van der Waals surface area contributed by atoms with Crippen molar-refractivity contribution in [2.24, 2.45) is 11.8 Å². The summed E-state index contributed by atoms with van der Waals surface area (Å²) in [7, 11) is 1.59. The molecule has 7 heteroatoms. The van der Waals surface area contributed by atoms with E-state index in [2.05, 4.69) is 5.32 Å². The molecule has 0 bridgehead atoms. The molecule has 1 rings (SSSR count). The fourth-order valence-electron chi connectivity index (χ4n) is 2.12. The number of carbonyl (C=O) groups is 3. The van der Waals surface area contributed by atoms with Gasteiger partial charge in [0.1, 0.15) is 0 Å². The smallest absolute Gasteiger partial charge is 0.307 e. The molecule has 2 N–H and O–H groups in total. The number of hydrogen-bond donors (Lipinski definition) is 2. The number of nitrogens with one attached hydrogen (secondary N) is 1.